The maximum absolute atomic E-state index is 12.9. The van der Waals surface area contributed by atoms with Crippen LogP contribution >= 0.6 is 23.5 Å². The van der Waals surface area contributed by atoms with E-state index in [0.717, 1.165) is 16.3 Å². The molecule has 0 amide bonds. The second-order valence-electron chi connectivity index (χ2n) is 4.27. The van der Waals surface area contributed by atoms with Gasteiger partial charge >= 0.3 is 0 Å². The third kappa shape index (κ3) is 3.06. The molecule has 0 atom stereocenters. The third-order valence-electron chi connectivity index (χ3n) is 2.84. The summed E-state index contributed by atoms with van der Waals surface area (Å²) in [5.41, 5.74) is 1.53. The van der Waals surface area contributed by atoms with Crippen molar-refractivity contribution in [2.45, 2.75) is 4.90 Å². The van der Waals surface area contributed by atoms with E-state index in [1.54, 1.807) is 25.3 Å². The number of nitrogens with zero attached hydrogens (tertiary/aromatic N) is 1. The molecular formula is C14H11ClFN3OS. The predicted molar refractivity (Wildman–Crippen MR) is 84.9 cm³/mol. The number of benzene rings is 2. The molecule has 0 fully saturated rings. The van der Waals surface area contributed by atoms with Crippen LogP contribution in [-0.2, 0) is 0 Å². The molecule has 0 aromatic heterocycles. The van der Waals surface area contributed by atoms with Crippen LogP contribution < -0.4 is 15.4 Å². The van der Waals surface area contributed by atoms with Gasteiger partial charge in [0.2, 0.25) is 5.96 Å². The Morgan fingerprint density at radius 2 is 2.05 bits per heavy atom. The van der Waals surface area contributed by atoms with Crippen molar-refractivity contribution in [3.05, 3.63) is 47.2 Å². The topological polar surface area (TPSA) is 45.6 Å². The molecule has 1 aliphatic rings. The summed E-state index contributed by atoms with van der Waals surface area (Å²) in [5, 5.41) is 6.81. The van der Waals surface area contributed by atoms with Crippen molar-refractivity contribution in [2.24, 2.45) is 4.40 Å². The Balaban J connectivity index is 1.83. The SMILES string of the molecule is COc1cc(Cl)cc2c1NC(Nc1ccc(F)cc1)=NS2. The minimum atomic E-state index is -0.282. The van der Waals surface area contributed by atoms with Crippen LogP contribution in [-0.4, -0.2) is 13.1 Å². The minimum absolute atomic E-state index is 0.282. The fraction of sp³-hybridized carbons (Fsp3) is 0.0714. The van der Waals surface area contributed by atoms with Crippen LogP contribution in [0.4, 0.5) is 15.8 Å². The number of hydrogen-bond donors (Lipinski definition) is 2. The average Bonchev–Trinajstić information content (AvgIpc) is 2.49. The third-order valence-corrected chi connectivity index (χ3v) is 3.85. The molecular weight excluding hydrogens is 313 g/mol. The monoisotopic (exact) mass is 323 g/mol. The summed E-state index contributed by atoms with van der Waals surface area (Å²) in [5.74, 6) is 0.896. The summed E-state index contributed by atoms with van der Waals surface area (Å²) in [6.45, 7) is 0. The fourth-order valence-corrected chi connectivity index (χ4v) is 2.85. The van der Waals surface area contributed by atoms with E-state index in [9.17, 15) is 4.39 Å². The quantitative estimate of drug-likeness (QED) is 0.805. The Kier molecular flexibility index (Phi) is 3.90. The Hall–Kier alpha value is -1.92. The zero-order valence-electron chi connectivity index (χ0n) is 11.0. The van der Waals surface area contributed by atoms with Crippen molar-refractivity contribution in [2.75, 3.05) is 17.7 Å². The van der Waals surface area contributed by atoms with Crippen LogP contribution in [0.3, 0.4) is 0 Å². The van der Waals surface area contributed by atoms with Gasteiger partial charge < -0.3 is 15.4 Å². The molecule has 0 radical (unpaired) electrons. The lowest BCUT2D eigenvalue weighted by molar-refractivity contribution is 0.416. The van der Waals surface area contributed by atoms with Gasteiger partial charge in [0.25, 0.3) is 0 Å². The molecule has 0 saturated heterocycles. The molecule has 1 aliphatic heterocycles. The van der Waals surface area contributed by atoms with Crippen molar-refractivity contribution in [1.82, 2.24) is 0 Å². The molecule has 0 aliphatic carbocycles. The molecule has 2 aromatic carbocycles. The van der Waals surface area contributed by atoms with E-state index in [4.69, 9.17) is 16.3 Å². The van der Waals surface area contributed by atoms with Crippen molar-refractivity contribution >= 4 is 40.9 Å². The summed E-state index contributed by atoms with van der Waals surface area (Å²) in [6.07, 6.45) is 0. The molecule has 21 heavy (non-hydrogen) atoms. The summed E-state index contributed by atoms with van der Waals surface area (Å²) in [7, 11) is 1.58. The number of rotatable bonds is 2. The fourth-order valence-electron chi connectivity index (χ4n) is 1.87. The van der Waals surface area contributed by atoms with E-state index < -0.39 is 0 Å². The first-order valence-electron chi connectivity index (χ1n) is 6.08. The van der Waals surface area contributed by atoms with Gasteiger partial charge in [-0.3, -0.25) is 0 Å². The molecule has 4 nitrogen and oxygen atoms in total. The molecule has 0 saturated carbocycles. The van der Waals surface area contributed by atoms with E-state index in [1.807, 2.05) is 6.07 Å². The Bertz CT molecular complexity index is 706. The number of anilines is 2. The van der Waals surface area contributed by atoms with E-state index in [2.05, 4.69) is 15.0 Å². The first kappa shape index (κ1) is 14.0. The predicted octanol–water partition coefficient (Wildman–Crippen LogP) is 4.39. The Morgan fingerprint density at radius 1 is 1.29 bits per heavy atom. The zero-order valence-corrected chi connectivity index (χ0v) is 12.6. The van der Waals surface area contributed by atoms with Crippen LogP contribution in [0.5, 0.6) is 5.75 Å². The smallest absolute Gasteiger partial charge is 0.212 e. The number of guanidine groups is 1. The number of methoxy groups -OCH3 is 1. The van der Waals surface area contributed by atoms with Crippen LogP contribution in [0.1, 0.15) is 0 Å². The highest BCUT2D eigenvalue weighted by Crippen LogP contribution is 2.41. The van der Waals surface area contributed by atoms with Crippen LogP contribution in [0.15, 0.2) is 45.7 Å². The molecule has 3 rings (SSSR count). The van der Waals surface area contributed by atoms with Gasteiger partial charge in [-0.15, -0.1) is 0 Å². The van der Waals surface area contributed by atoms with E-state index in [1.165, 1.54) is 24.1 Å². The van der Waals surface area contributed by atoms with Gasteiger partial charge in [0.15, 0.2) is 0 Å². The lowest BCUT2D eigenvalue weighted by Gasteiger charge is -2.20. The molecule has 2 aromatic rings. The van der Waals surface area contributed by atoms with Crippen LogP contribution in [0.25, 0.3) is 0 Å². The van der Waals surface area contributed by atoms with Crippen LogP contribution in [0, 0.1) is 5.82 Å². The van der Waals surface area contributed by atoms with Crippen molar-refractivity contribution in [1.29, 1.82) is 0 Å². The first-order chi connectivity index (χ1) is 10.2. The van der Waals surface area contributed by atoms with Crippen molar-refractivity contribution < 1.29 is 9.13 Å². The Labute approximate surface area is 130 Å². The average molecular weight is 324 g/mol. The summed E-state index contributed by atoms with van der Waals surface area (Å²) in [4.78, 5) is 0.879. The summed E-state index contributed by atoms with van der Waals surface area (Å²) in [6, 6.07) is 9.59. The van der Waals surface area contributed by atoms with Crippen molar-refractivity contribution in [3.8, 4) is 5.75 Å². The van der Waals surface area contributed by atoms with Gasteiger partial charge in [-0.1, -0.05) is 11.6 Å². The first-order valence-corrected chi connectivity index (χ1v) is 7.23. The zero-order chi connectivity index (χ0) is 14.8. The van der Waals surface area contributed by atoms with E-state index in [-0.39, 0.29) is 5.82 Å². The molecule has 0 bridgehead atoms. The molecule has 0 spiro atoms. The number of ether oxygens (including phenoxy) is 1. The van der Waals surface area contributed by atoms with Gasteiger partial charge in [0.1, 0.15) is 11.6 Å². The molecule has 0 unspecified atom stereocenters. The molecule has 1 heterocycles. The number of nitrogens with one attached hydrogen (secondary N) is 2. The van der Waals surface area contributed by atoms with Gasteiger partial charge in [0.05, 0.1) is 17.7 Å². The lowest BCUT2D eigenvalue weighted by Crippen LogP contribution is -2.24. The second-order valence-corrected chi connectivity index (χ2v) is 5.51. The summed E-state index contributed by atoms with van der Waals surface area (Å²) >= 11 is 7.31. The van der Waals surface area contributed by atoms with Gasteiger partial charge in [-0.05, 0) is 30.3 Å². The number of hydrogen-bond acceptors (Lipinski definition) is 5. The van der Waals surface area contributed by atoms with Gasteiger partial charge in [0, 0.05) is 28.7 Å². The van der Waals surface area contributed by atoms with Gasteiger partial charge in [-0.25, -0.2) is 4.39 Å². The second kappa shape index (κ2) is 5.83. The van der Waals surface area contributed by atoms with Crippen LogP contribution in [0.2, 0.25) is 5.02 Å². The standard InChI is InChI=1S/C14H11ClFN3OS/c1-20-11-6-8(15)7-12-13(11)18-14(19-21-12)17-10-4-2-9(16)3-5-10/h2-7H,1H3,(H2,17,18,19). The minimum Gasteiger partial charge on any atom is -0.494 e. The van der Waals surface area contributed by atoms with Gasteiger partial charge in [-0.2, -0.15) is 4.40 Å². The normalized spacial score (nSPS) is 13.0. The molecule has 108 valence electrons. The maximum atomic E-state index is 12.9. The highest BCUT2D eigenvalue weighted by molar-refractivity contribution is 7.98. The van der Waals surface area contributed by atoms with Crippen molar-refractivity contribution in [3.63, 3.8) is 0 Å². The molecule has 7 heteroatoms. The highest BCUT2D eigenvalue weighted by atomic mass is 35.5. The number of halogens is 2. The van der Waals surface area contributed by atoms with E-state index >= 15 is 0 Å². The number of fused-ring (bicyclic) bond motifs is 1. The molecule has 2 N–H and O–H groups in total. The lowest BCUT2D eigenvalue weighted by atomic mass is 10.3. The highest BCUT2D eigenvalue weighted by Gasteiger charge is 2.18. The largest absolute Gasteiger partial charge is 0.494 e. The Morgan fingerprint density at radius 3 is 2.76 bits per heavy atom. The maximum Gasteiger partial charge on any atom is 0.212 e. The van der Waals surface area contributed by atoms with E-state index in [0.29, 0.717) is 16.7 Å². The summed E-state index contributed by atoms with van der Waals surface area (Å²) < 4.78 is 22.5.